The molecule has 0 aliphatic carbocycles. The van der Waals surface area contributed by atoms with Crippen molar-refractivity contribution in [2.24, 2.45) is 0 Å². The van der Waals surface area contributed by atoms with Gasteiger partial charge in [-0.2, -0.15) is 0 Å². The Morgan fingerprint density at radius 1 is 1.46 bits per heavy atom. The molecule has 1 rings (SSSR count). The smallest absolute Gasteiger partial charge is 0.126 e. The first kappa shape index (κ1) is 10.3. The number of hydrogen-bond acceptors (Lipinski definition) is 1. The zero-order valence-corrected chi connectivity index (χ0v) is 9.73. The average Bonchev–Trinajstić information content (AvgIpc) is 2.08. The standard InChI is InChI=1S/C11H13BrO/c1-7(2)11-8(3)9(12)5-6-10(11)13-4/h5-6H,1H2,2-4H3. The molecule has 0 saturated heterocycles. The van der Waals surface area contributed by atoms with Crippen molar-refractivity contribution in [3.63, 3.8) is 0 Å². The van der Waals surface area contributed by atoms with Gasteiger partial charge in [-0.1, -0.05) is 22.5 Å². The first-order chi connectivity index (χ1) is 6.07. The number of hydrogen-bond donors (Lipinski definition) is 0. The monoisotopic (exact) mass is 240 g/mol. The third kappa shape index (κ3) is 1.94. The number of benzene rings is 1. The zero-order valence-electron chi connectivity index (χ0n) is 8.15. The molecule has 13 heavy (non-hydrogen) atoms. The lowest BCUT2D eigenvalue weighted by atomic mass is 10.0. The summed E-state index contributed by atoms with van der Waals surface area (Å²) >= 11 is 3.48. The maximum absolute atomic E-state index is 5.26. The molecule has 70 valence electrons. The maximum Gasteiger partial charge on any atom is 0.126 e. The lowest BCUT2D eigenvalue weighted by molar-refractivity contribution is 0.413. The van der Waals surface area contributed by atoms with Gasteiger partial charge < -0.3 is 4.74 Å². The van der Waals surface area contributed by atoms with E-state index in [0.717, 1.165) is 21.4 Å². The summed E-state index contributed by atoms with van der Waals surface area (Å²) in [6, 6.07) is 3.93. The lowest BCUT2D eigenvalue weighted by Gasteiger charge is -2.12. The van der Waals surface area contributed by atoms with Crippen LogP contribution < -0.4 is 4.74 Å². The molecule has 0 unspecified atom stereocenters. The Hall–Kier alpha value is -0.760. The number of halogens is 1. The minimum absolute atomic E-state index is 0.883. The van der Waals surface area contributed by atoms with Gasteiger partial charge in [0.05, 0.1) is 7.11 Å². The van der Waals surface area contributed by atoms with Gasteiger partial charge in [0.2, 0.25) is 0 Å². The molecular formula is C11H13BrO. The number of rotatable bonds is 2. The molecule has 0 aliphatic rings. The highest BCUT2D eigenvalue weighted by Crippen LogP contribution is 2.32. The molecule has 0 amide bonds. The Morgan fingerprint density at radius 2 is 2.08 bits per heavy atom. The Balaban J connectivity index is 3.41. The summed E-state index contributed by atoms with van der Waals surface area (Å²) < 4.78 is 6.35. The van der Waals surface area contributed by atoms with Crippen LogP contribution in [0.5, 0.6) is 5.75 Å². The molecule has 0 heterocycles. The predicted molar refractivity (Wildman–Crippen MR) is 60.1 cm³/mol. The largest absolute Gasteiger partial charge is 0.496 e. The van der Waals surface area contributed by atoms with E-state index in [1.165, 1.54) is 5.56 Å². The highest BCUT2D eigenvalue weighted by Gasteiger charge is 2.09. The fourth-order valence-electron chi connectivity index (χ4n) is 1.36. The van der Waals surface area contributed by atoms with Gasteiger partial charge in [0.15, 0.2) is 0 Å². The maximum atomic E-state index is 5.26. The van der Waals surface area contributed by atoms with E-state index in [9.17, 15) is 0 Å². The van der Waals surface area contributed by atoms with Gasteiger partial charge in [-0.3, -0.25) is 0 Å². The molecule has 0 aliphatic heterocycles. The van der Waals surface area contributed by atoms with Crippen molar-refractivity contribution in [3.05, 3.63) is 34.3 Å². The van der Waals surface area contributed by atoms with E-state index in [0.29, 0.717) is 0 Å². The van der Waals surface area contributed by atoms with Crippen LogP contribution in [0.25, 0.3) is 5.57 Å². The molecule has 0 fully saturated rings. The Kier molecular flexibility index (Phi) is 3.15. The van der Waals surface area contributed by atoms with Gasteiger partial charge in [0, 0.05) is 10.0 Å². The molecule has 1 nitrogen and oxygen atoms in total. The van der Waals surface area contributed by atoms with Crippen LogP contribution >= 0.6 is 15.9 Å². The zero-order chi connectivity index (χ0) is 10.0. The average molecular weight is 241 g/mol. The molecule has 0 aromatic heterocycles. The third-order valence-corrected chi connectivity index (χ3v) is 2.87. The summed E-state index contributed by atoms with van der Waals surface area (Å²) in [4.78, 5) is 0. The van der Waals surface area contributed by atoms with Gasteiger partial charge in [0.1, 0.15) is 5.75 Å². The summed E-state index contributed by atoms with van der Waals surface area (Å²) in [5.41, 5.74) is 3.29. The van der Waals surface area contributed by atoms with Crippen LogP contribution in [-0.2, 0) is 0 Å². The molecule has 0 saturated carbocycles. The Labute approximate surface area is 87.5 Å². The summed E-state index contributed by atoms with van der Waals surface area (Å²) in [5.74, 6) is 0.883. The quantitative estimate of drug-likeness (QED) is 0.765. The molecule has 0 bridgehead atoms. The third-order valence-electron chi connectivity index (χ3n) is 2.01. The SMILES string of the molecule is C=C(C)c1c(OC)ccc(Br)c1C. The molecule has 0 N–H and O–H groups in total. The molecule has 0 spiro atoms. The van der Waals surface area contributed by atoms with Crippen molar-refractivity contribution in [1.82, 2.24) is 0 Å². The van der Waals surface area contributed by atoms with Gasteiger partial charge in [0.25, 0.3) is 0 Å². The molecular weight excluding hydrogens is 228 g/mol. The van der Waals surface area contributed by atoms with Crippen LogP contribution in [-0.4, -0.2) is 7.11 Å². The van der Waals surface area contributed by atoms with Crippen LogP contribution in [0.2, 0.25) is 0 Å². The molecule has 1 aromatic carbocycles. The second-order valence-electron chi connectivity index (χ2n) is 3.03. The van der Waals surface area contributed by atoms with Crippen molar-refractivity contribution in [3.8, 4) is 5.75 Å². The van der Waals surface area contributed by atoms with E-state index in [-0.39, 0.29) is 0 Å². The van der Waals surface area contributed by atoms with Crippen molar-refractivity contribution < 1.29 is 4.74 Å². The van der Waals surface area contributed by atoms with Crippen LogP contribution in [0.15, 0.2) is 23.2 Å². The van der Waals surface area contributed by atoms with Crippen molar-refractivity contribution in [2.45, 2.75) is 13.8 Å². The van der Waals surface area contributed by atoms with Gasteiger partial charge in [-0.05, 0) is 37.1 Å². The Bertz CT molecular complexity index is 342. The fourth-order valence-corrected chi connectivity index (χ4v) is 1.69. The van der Waals surface area contributed by atoms with Crippen LogP contribution in [0.4, 0.5) is 0 Å². The van der Waals surface area contributed by atoms with Gasteiger partial charge >= 0.3 is 0 Å². The minimum Gasteiger partial charge on any atom is -0.496 e. The van der Waals surface area contributed by atoms with E-state index in [2.05, 4.69) is 29.4 Å². The molecule has 0 atom stereocenters. The van der Waals surface area contributed by atoms with Crippen LogP contribution in [0.3, 0.4) is 0 Å². The molecule has 1 aromatic rings. The first-order valence-corrected chi connectivity index (χ1v) is 4.86. The summed E-state index contributed by atoms with van der Waals surface area (Å²) in [6.45, 7) is 7.97. The van der Waals surface area contributed by atoms with Crippen molar-refractivity contribution in [1.29, 1.82) is 0 Å². The van der Waals surface area contributed by atoms with Gasteiger partial charge in [-0.25, -0.2) is 0 Å². The minimum atomic E-state index is 0.883. The normalized spacial score (nSPS) is 9.85. The van der Waals surface area contributed by atoms with E-state index in [4.69, 9.17) is 4.74 Å². The van der Waals surface area contributed by atoms with Gasteiger partial charge in [-0.15, -0.1) is 0 Å². The van der Waals surface area contributed by atoms with Crippen molar-refractivity contribution >= 4 is 21.5 Å². The summed E-state index contributed by atoms with van der Waals surface area (Å²) in [5, 5.41) is 0. The number of methoxy groups -OCH3 is 1. The highest BCUT2D eigenvalue weighted by molar-refractivity contribution is 9.10. The van der Waals surface area contributed by atoms with E-state index < -0.39 is 0 Å². The number of allylic oxidation sites excluding steroid dienone is 1. The summed E-state index contributed by atoms with van der Waals surface area (Å²) in [6.07, 6.45) is 0. The van der Waals surface area contributed by atoms with E-state index in [1.807, 2.05) is 19.1 Å². The topological polar surface area (TPSA) is 9.23 Å². The van der Waals surface area contributed by atoms with E-state index in [1.54, 1.807) is 7.11 Å². The van der Waals surface area contributed by atoms with Crippen molar-refractivity contribution in [2.75, 3.05) is 7.11 Å². The molecule has 0 radical (unpaired) electrons. The van der Waals surface area contributed by atoms with Crippen LogP contribution in [0.1, 0.15) is 18.1 Å². The second kappa shape index (κ2) is 3.97. The first-order valence-electron chi connectivity index (χ1n) is 4.07. The Morgan fingerprint density at radius 3 is 2.54 bits per heavy atom. The second-order valence-corrected chi connectivity index (χ2v) is 3.88. The van der Waals surface area contributed by atoms with E-state index >= 15 is 0 Å². The predicted octanol–water partition coefficient (Wildman–Crippen LogP) is 3.80. The van der Waals surface area contributed by atoms with Crippen LogP contribution in [0, 0.1) is 6.92 Å². The fraction of sp³-hybridized carbons (Fsp3) is 0.273. The number of ether oxygens (including phenoxy) is 1. The lowest BCUT2D eigenvalue weighted by Crippen LogP contribution is -1.93. The molecule has 2 heteroatoms. The summed E-state index contributed by atoms with van der Waals surface area (Å²) in [7, 11) is 1.68. The highest BCUT2D eigenvalue weighted by atomic mass is 79.9.